The minimum atomic E-state index is -0.532. The van der Waals surface area contributed by atoms with Gasteiger partial charge in [0.25, 0.3) is 11.6 Å². The van der Waals surface area contributed by atoms with Gasteiger partial charge in [0.1, 0.15) is 18.1 Å². The second-order valence-electron chi connectivity index (χ2n) is 6.43. The summed E-state index contributed by atoms with van der Waals surface area (Å²) in [6.45, 7) is -0.168. The summed E-state index contributed by atoms with van der Waals surface area (Å²) in [4.78, 5) is 23.5. The predicted octanol–water partition coefficient (Wildman–Crippen LogP) is 3.31. The lowest BCUT2D eigenvalue weighted by molar-refractivity contribution is -0.384. The molecule has 0 aliphatic carbocycles. The highest BCUT2D eigenvalue weighted by Gasteiger charge is 2.13. The SMILES string of the molecule is O=C(Cn1nnc(-c2ccccc2)n1)N/N=C\c1ccc(-c2ccc([N+](=O)[O-])cc2Cl)o1. The lowest BCUT2D eigenvalue weighted by Crippen LogP contribution is -2.24. The van der Waals surface area contributed by atoms with Crippen LogP contribution in [0.1, 0.15) is 5.76 Å². The third-order valence-electron chi connectivity index (χ3n) is 4.21. The van der Waals surface area contributed by atoms with Crippen LogP contribution in [0.15, 0.2) is 70.2 Å². The third kappa shape index (κ3) is 4.84. The zero-order chi connectivity index (χ0) is 22.5. The highest BCUT2D eigenvalue weighted by Crippen LogP contribution is 2.32. The molecule has 32 heavy (non-hydrogen) atoms. The van der Waals surface area contributed by atoms with Crippen molar-refractivity contribution in [3.05, 3.63) is 81.6 Å². The number of carbonyl (C=O) groups excluding carboxylic acids is 1. The van der Waals surface area contributed by atoms with Crippen molar-refractivity contribution in [3.63, 3.8) is 0 Å². The molecule has 0 unspecified atom stereocenters. The Labute approximate surface area is 185 Å². The van der Waals surface area contributed by atoms with Crippen molar-refractivity contribution in [2.45, 2.75) is 6.54 Å². The summed E-state index contributed by atoms with van der Waals surface area (Å²) in [5.41, 5.74) is 3.52. The zero-order valence-electron chi connectivity index (χ0n) is 16.3. The number of non-ortho nitro benzene ring substituents is 1. The number of nitro groups is 1. The minimum Gasteiger partial charge on any atom is -0.455 e. The molecule has 0 bridgehead atoms. The molecule has 11 nitrogen and oxygen atoms in total. The Morgan fingerprint density at radius 3 is 2.78 bits per heavy atom. The van der Waals surface area contributed by atoms with Crippen LogP contribution in [0.25, 0.3) is 22.7 Å². The van der Waals surface area contributed by atoms with Crippen molar-refractivity contribution in [1.29, 1.82) is 0 Å². The summed E-state index contributed by atoms with van der Waals surface area (Å²) in [6, 6.07) is 16.6. The Morgan fingerprint density at radius 2 is 2.03 bits per heavy atom. The van der Waals surface area contributed by atoms with Crippen LogP contribution in [0.4, 0.5) is 5.69 Å². The Kier molecular flexibility index (Phi) is 5.99. The number of hydrogen-bond acceptors (Lipinski definition) is 8. The summed E-state index contributed by atoms with van der Waals surface area (Å²) in [5.74, 6) is 0.705. The number of rotatable bonds is 7. The van der Waals surface area contributed by atoms with Gasteiger partial charge in [-0.05, 0) is 23.4 Å². The van der Waals surface area contributed by atoms with Crippen LogP contribution >= 0.6 is 11.6 Å². The summed E-state index contributed by atoms with van der Waals surface area (Å²) in [6.07, 6.45) is 1.31. The van der Waals surface area contributed by atoms with E-state index in [0.717, 1.165) is 10.4 Å². The number of nitrogens with one attached hydrogen (secondary N) is 1. The molecule has 0 spiro atoms. The minimum absolute atomic E-state index is 0.118. The molecule has 1 amide bonds. The van der Waals surface area contributed by atoms with Crippen LogP contribution in [-0.2, 0) is 11.3 Å². The van der Waals surface area contributed by atoms with E-state index in [1.165, 1.54) is 24.4 Å². The maximum absolute atomic E-state index is 12.1. The molecule has 2 aromatic heterocycles. The number of nitrogens with zero attached hydrogens (tertiary/aromatic N) is 6. The highest BCUT2D eigenvalue weighted by atomic mass is 35.5. The second kappa shape index (κ2) is 9.18. The van der Waals surface area contributed by atoms with E-state index < -0.39 is 10.8 Å². The summed E-state index contributed by atoms with van der Waals surface area (Å²) >= 11 is 6.11. The molecule has 0 radical (unpaired) electrons. The molecule has 0 saturated heterocycles. The molecule has 4 rings (SSSR count). The fourth-order valence-corrected chi connectivity index (χ4v) is 3.00. The number of hydrazone groups is 1. The quantitative estimate of drug-likeness (QED) is 0.258. The molecule has 4 aromatic rings. The molecule has 2 aromatic carbocycles. The second-order valence-corrected chi connectivity index (χ2v) is 6.83. The fraction of sp³-hybridized carbons (Fsp3) is 0.0500. The van der Waals surface area contributed by atoms with Crippen molar-refractivity contribution < 1.29 is 14.1 Å². The van der Waals surface area contributed by atoms with E-state index in [2.05, 4.69) is 25.9 Å². The summed E-state index contributed by atoms with van der Waals surface area (Å²) in [5, 5.41) is 26.8. The third-order valence-corrected chi connectivity index (χ3v) is 4.52. The van der Waals surface area contributed by atoms with E-state index in [1.54, 1.807) is 12.1 Å². The highest BCUT2D eigenvalue weighted by molar-refractivity contribution is 6.33. The van der Waals surface area contributed by atoms with Crippen LogP contribution < -0.4 is 5.43 Å². The average molecular weight is 452 g/mol. The molecule has 0 fully saturated rings. The number of aromatic nitrogens is 4. The van der Waals surface area contributed by atoms with E-state index in [9.17, 15) is 14.9 Å². The Balaban J connectivity index is 1.35. The first-order valence-electron chi connectivity index (χ1n) is 9.19. The number of benzene rings is 2. The van der Waals surface area contributed by atoms with Crippen LogP contribution in [-0.4, -0.2) is 37.3 Å². The number of amides is 1. The molecule has 160 valence electrons. The molecule has 1 N–H and O–H groups in total. The predicted molar refractivity (Wildman–Crippen MR) is 115 cm³/mol. The molecular weight excluding hydrogens is 438 g/mol. The first kappa shape index (κ1) is 20.9. The normalized spacial score (nSPS) is 11.0. The fourth-order valence-electron chi connectivity index (χ4n) is 2.73. The van der Waals surface area contributed by atoms with Gasteiger partial charge in [0.15, 0.2) is 0 Å². The molecule has 0 atom stereocenters. The zero-order valence-corrected chi connectivity index (χ0v) is 17.0. The van der Waals surface area contributed by atoms with Gasteiger partial charge in [-0.25, -0.2) is 5.43 Å². The van der Waals surface area contributed by atoms with Crippen molar-refractivity contribution in [1.82, 2.24) is 25.6 Å². The number of halogens is 1. The Morgan fingerprint density at radius 1 is 1.22 bits per heavy atom. The van der Waals surface area contributed by atoms with E-state index in [-0.39, 0.29) is 17.3 Å². The molecule has 2 heterocycles. The van der Waals surface area contributed by atoms with Gasteiger partial charge in [0.05, 0.1) is 16.2 Å². The van der Waals surface area contributed by atoms with Gasteiger partial charge in [-0.2, -0.15) is 9.90 Å². The Hall–Kier alpha value is -4.38. The number of hydrogen-bond donors (Lipinski definition) is 1. The van der Waals surface area contributed by atoms with Gasteiger partial charge < -0.3 is 4.42 Å². The van der Waals surface area contributed by atoms with Crippen molar-refractivity contribution in [2.24, 2.45) is 5.10 Å². The van der Waals surface area contributed by atoms with E-state index >= 15 is 0 Å². The van der Waals surface area contributed by atoms with Crippen LogP contribution in [0.5, 0.6) is 0 Å². The topological polar surface area (TPSA) is 141 Å². The van der Waals surface area contributed by atoms with Gasteiger partial charge in [0.2, 0.25) is 5.82 Å². The maximum Gasteiger partial charge on any atom is 0.270 e. The van der Waals surface area contributed by atoms with Gasteiger partial charge >= 0.3 is 0 Å². The van der Waals surface area contributed by atoms with E-state index in [1.807, 2.05) is 30.3 Å². The molecule has 0 aliphatic rings. The van der Waals surface area contributed by atoms with Crippen molar-refractivity contribution >= 4 is 29.4 Å². The first-order chi connectivity index (χ1) is 15.5. The maximum atomic E-state index is 12.1. The lowest BCUT2D eigenvalue weighted by atomic mass is 10.1. The van der Waals surface area contributed by atoms with Crippen molar-refractivity contribution in [3.8, 4) is 22.7 Å². The number of furan rings is 1. The monoisotopic (exact) mass is 451 g/mol. The summed E-state index contributed by atoms with van der Waals surface area (Å²) < 4.78 is 5.61. The molecule has 0 saturated carbocycles. The largest absolute Gasteiger partial charge is 0.455 e. The van der Waals surface area contributed by atoms with Crippen molar-refractivity contribution in [2.75, 3.05) is 0 Å². The standard InChI is InChI=1S/C20H14ClN7O4/c21-17-10-14(28(30)31)6-8-16(17)18-9-7-15(32-18)11-22-23-19(29)12-27-25-20(24-26-27)13-4-2-1-3-5-13/h1-11H,12H2,(H,23,29)/b22-11-. The molecular formula is C20H14ClN7O4. The lowest BCUT2D eigenvalue weighted by Gasteiger charge is -2.00. The van der Waals surface area contributed by atoms with E-state index in [4.69, 9.17) is 16.0 Å². The number of tetrazole rings is 1. The van der Waals surface area contributed by atoms with Crippen LogP contribution in [0.3, 0.4) is 0 Å². The van der Waals surface area contributed by atoms with Gasteiger partial charge in [-0.3, -0.25) is 14.9 Å². The van der Waals surface area contributed by atoms with Gasteiger partial charge in [-0.1, -0.05) is 41.9 Å². The smallest absolute Gasteiger partial charge is 0.270 e. The summed E-state index contributed by atoms with van der Waals surface area (Å²) in [7, 11) is 0. The molecule has 0 aliphatic heterocycles. The van der Waals surface area contributed by atoms with Gasteiger partial charge in [0, 0.05) is 23.3 Å². The Bertz CT molecular complexity index is 1300. The number of nitro benzene ring substituents is 1. The van der Waals surface area contributed by atoms with Crippen LogP contribution in [0.2, 0.25) is 5.02 Å². The number of carbonyl (C=O) groups is 1. The van der Waals surface area contributed by atoms with Gasteiger partial charge in [-0.15, -0.1) is 10.2 Å². The first-order valence-corrected chi connectivity index (χ1v) is 9.56. The van der Waals surface area contributed by atoms with E-state index in [0.29, 0.717) is 22.9 Å². The van der Waals surface area contributed by atoms with Crippen LogP contribution in [0, 0.1) is 10.1 Å². The average Bonchev–Trinajstić information content (AvgIpc) is 3.44. The molecule has 12 heteroatoms.